The van der Waals surface area contributed by atoms with Crippen LogP contribution in [0.3, 0.4) is 0 Å². The second-order valence-electron chi connectivity index (χ2n) is 3.79. The van der Waals surface area contributed by atoms with Crippen LogP contribution in [-0.4, -0.2) is 33.4 Å². The Bertz CT molecular complexity index is 611. The highest BCUT2D eigenvalue weighted by Gasteiger charge is 2.16. The first kappa shape index (κ1) is 13.7. The largest absolute Gasteiger partial charge is 0.496 e. The van der Waals surface area contributed by atoms with Gasteiger partial charge in [-0.15, -0.1) is 4.85 Å². The quantitative estimate of drug-likeness (QED) is 0.425. The van der Waals surface area contributed by atoms with Crippen LogP contribution < -0.4 is 15.0 Å². The van der Waals surface area contributed by atoms with Crippen molar-refractivity contribution in [2.45, 2.75) is 6.61 Å². The molecule has 2 rings (SSSR count). The monoisotopic (exact) mass is 279 g/mol. The maximum Gasteiger partial charge on any atom is 0.275 e. The summed E-state index contributed by atoms with van der Waals surface area (Å²) in [6.07, 6.45) is 1.30. The van der Waals surface area contributed by atoms with Crippen molar-refractivity contribution in [2.24, 2.45) is 0 Å². The molecule has 0 atom stereocenters. The zero-order chi connectivity index (χ0) is 14.5. The fourth-order valence-corrected chi connectivity index (χ4v) is 1.70. The number of carbonyl (C=O) groups is 1. The van der Waals surface area contributed by atoms with Crippen LogP contribution in [0.5, 0.6) is 11.6 Å². The number of aromatic nitrogens is 2. The molecule has 0 spiro atoms. The highest BCUT2D eigenvalue weighted by Crippen LogP contribution is 2.24. The summed E-state index contributed by atoms with van der Waals surface area (Å²) in [6, 6.07) is 6.27. The van der Waals surface area contributed by atoms with Crippen molar-refractivity contribution in [1.29, 1.82) is 0 Å². The highest BCUT2D eigenvalue weighted by atomic mass is 16.5. The van der Waals surface area contributed by atoms with E-state index >= 15 is 0 Å². The van der Waals surface area contributed by atoms with Crippen molar-refractivity contribution in [2.75, 3.05) is 7.11 Å². The number of hydrogen-bond acceptors (Lipinski definition) is 6. The molecule has 0 saturated carbocycles. The molecule has 8 heteroatoms. The number of nitrogens with one attached hydrogen (secondary N) is 1. The molecule has 3 N–H and O–H groups in total. The molecule has 1 aromatic heterocycles. The van der Waals surface area contributed by atoms with Crippen LogP contribution >= 0.6 is 0 Å². The summed E-state index contributed by atoms with van der Waals surface area (Å²) in [5.41, 5.74) is 2.24. The molecule has 8 nitrogen and oxygen atoms in total. The van der Waals surface area contributed by atoms with E-state index < -0.39 is 5.91 Å². The lowest BCUT2D eigenvalue weighted by Crippen LogP contribution is -2.21. The number of methoxy groups -OCH3 is 1. The minimum absolute atomic E-state index is 0.0101. The Hall–Kier alpha value is -2.74. The van der Waals surface area contributed by atoms with E-state index in [1.54, 1.807) is 17.6 Å². The van der Waals surface area contributed by atoms with Crippen LogP contribution in [0.1, 0.15) is 15.9 Å². The molecule has 0 unspecified atom stereocenters. The molecule has 106 valence electrons. The third-order valence-electron chi connectivity index (χ3n) is 2.61. The lowest BCUT2D eigenvalue weighted by molar-refractivity contribution is 0.0703. The number of nitrogens with zero attached hydrogens (tertiary/aromatic N) is 2. The Morgan fingerprint density at radius 1 is 1.45 bits per heavy atom. The number of rotatable bonds is 5. The summed E-state index contributed by atoms with van der Waals surface area (Å²) in [7, 11) is 1.46. The van der Waals surface area contributed by atoms with Crippen LogP contribution in [0.4, 0.5) is 0 Å². The van der Waals surface area contributed by atoms with Gasteiger partial charge in [0.05, 0.1) is 18.9 Å². The second kappa shape index (κ2) is 5.93. The molecule has 0 fully saturated rings. The number of amides is 1. The van der Waals surface area contributed by atoms with Gasteiger partial charge in [-0.3, -0.25) is 10.0 Å². The molecular formula is C12H13N3O5. The summed E-state index contributed by atoms with van der Waals surface area (Å²) < 4.78 is 10.5. The van der Waals surface area contributed by atoms with Crippen molar-refractivity contribution in [3.8, 4) is 11.6 Å². The molecule has 0 aliphatic heterocycles. The van der Waals surface area contributed by atoms with E-state index in [1.807, 2.05) is 0 Å². The number of hydrogen-bond donors (Lipinski definition) is 3. The van der Waals surface area contributed by atoms with Gasteiger partial charge in [0.15, 0.2) is 0 Å². The molecule has 0 radical (unpaired) electrons. The summed E-state index contributed by atoms with van der Waals surface area (Å²) >= 11 is 0. The molecule has 0 aliphatic rings. The predicted octanol–water partition coefficient (Wildman–Crippen LogP) is 0.827. The molecule has 1 heterocycles. The highest BCUT2D eigenvalue weighted by molar-refractivity contribution is 5.95. The predicted molar refractivity (Wildman–Crippen MR) is 66.0 cm³/mol. The summed E-state index contributed by atoms with van der Waals surface area (Å²) in [5.74, 6) is -0.0431. The third kappa shape index (κ3) is 2.81. The maximum atomic E-state index is 11.6. The maximum absolute atomic E-state index is 11.6. The van der Waals surface area contributed by atoms with Gasteiger partial charge in [0, 0.05) is 11.6 Å². The Morgan fingerprint density at radius 2 is 2.25 bits per heavy atom. The average molecular weight is 279 g/mol. The van der Waals surface area contributed by atoms with Crippen LogP contribution in [0.25, 0.3) is 0 Å². The van der Waals surface area contributed by atoms with Gasteiger partial charge >= 0.3 is 0 Å². The molecule has 2 aromatic rings. The van der Waals surface area contributed by atoms with Crippen LogP contribution in [-0.2, 0) is 6.61 Å². The Kier molecular flexibility index (Phi) is 4.06. The number of hydroxylamine groups is 1. The molecular weight excluding hydrogens is 266 g/mol. The van der Waals surface area contributed by atoms with Gasteiger partial charge in [-0.25, -0.2) is 5.48 Å². The van der Waals surface area contributed by atoms with E-state index in [0.717, 1.165) is 0 Å². The van der Waals surface area contributed by atoms with Crippen LogP contribution in [0, 0.1) is 0 Å². The molecule has 1 aromatic carbocycles. The van der Waals surface area contributed by atoms with Gasteiger partial charge in [-0.2, -0.15) is 0 Å². The summed E-state index contributed by atoms with van der Waals surface area (Å²) in [5, 5.41) is 21.4. The standard InChI is InChI=1S/C12H13N3O5/c1-19-10-4-2-3-8(12(16)14-17)9(10)7-20-11-5-6-15(18)13-11/h2-6,17-18H,7H2,1H3,(H,14,16). The van der Waals surface area contributed by atoms with Crippen molar-refractivity contribution in [3.05, 3.63) is 41.6 Å². The first-order valence-corrected chi connectivity index (χ1v) is 5.63. The van der Waals surface area contributed by atoms with Gasteiger partial charge in [0.25, 0.3) is 5.91 Å². The van der Waals surface area contributed by atoms with Crippen molar-refractivity contribution in [3.63, 3.8) is 0 Å². The lowest BCUT2D eigenvalue weighted by atomic mass is 10.1. The molecule has 0 saturated heterocycles. The van der Waals surface area contributed by atoms with E-state index in [1.165, 1.54) is 25.4 Å². The topological polar surface area (TPSA) is 106 Å². The molecule has 0 bridgehead atoms. The first-order valence-electron chi connectivity index (χ1n) is 5.63. The number of benzene rings is 1. The van der Waals surface area contributed by atoms with E-state index in [-0.39, 0.29) is 18.1 Å². The van der Waals surface area contributed by atoms with Gasteiger partial charge in [-0.1, -0.05) is 11.2 Å². The minimum atomic E-state index is -0.671. The Balaban J connectivity index is 2.26. The van der Waals surface area contributed by atoms with Crippen molar-refractivity contribution < 1.29 is 24.7 Å². The molecule has 1 amide bonds. The smallest absolute Gasteiger partial charge is 0.275 e. The van der Waals surface area contributed by atoms with E-state index in [4.69, 9.17) is 19.9 Å². The van der Waals surface area contributed by atoms with Crippen molar-refractivity contribution in [1.82, 2.24) is 15.4 Å². The fraction of sp³-hybridized carbons (Fsp3) is 0.167. The minimum Gasteiger partial charge on any atom is -0.496 e. The van der Waals surface area contributed by atoms with Gasteiger partial charge in [0.2, 0.25) is 5.88 Å². The zero-order valence-corrected chi connectivity index (χ0v) is 10.6. The van der Waals surface area contributed by atoms with Gasteiger partial charge < -0.3 is 14.7 Å². The first-order chi connectivity index (χ1) is 9.65. The van der Waals surface area contributed by atoms with E-state index in [2.05, 4.69) is 5.10 Å². The molecule has 0 aliphatic carbocycles. The van der Waals surface area contributed by atoms with Gasteiger partial charge in [-0.05, 0) is 12.1 Å². The number of carbonyl (C=O) groups excluding carboxylic acids is 1. The lowest BCUT2D eigenvalue weighted by Gasteiger charge is -2.12. The summed E-state index contributed by atoms with van der Waals surface area (Å²) in [4.78, 5) is 12.2. The number of ether oxygens (including phenoxy) is 2. The Morgan fingerprint density at radius 3 is 2.85 bits per heavy atom. The second-order valence-corrected chi connectivity index (χ2v) is 3.79. The van der Waals surface area contributed by atoms with E-state index in [0.29, 0.717) is 16.2 Å². The van der Waals surface area contributed by atoms with E-state index in [9.17, 15) is 4.79 Å². The van der Waals surface area contributed by atoms with Crippen LogP contribution in [0.2, 0.25) is 0 Å². The normalized spacial score (nSPS) is 10.1. The third-order valence-corrected chi connectivity index (χ3v) is 2.61. The summed E-state index contributed by atoms with van der Waals surface area (Å²) in [6.45, 7) is -0.0101. The fourth-order valence-electron chi connectivity index (χ4n) is 1.70. The van der Waals surface area contributed by atoms with Gasteiger partial charge in [0.1, 0.15) is 12.4 Å². The Labute approximate surface area is 114 Å². The zero-order valence-electron chi connectivity index (χ0n) is 10.6. The SMILES string of the molecule is COc1cccc(C(=O)NO)c1COc1ccn(O)n1. The van der Waals surface area contributed by atoms with Crippen LogP contribution in [0.15, 0.2) is 30.5 Å². The van der Waals surface area contributed by atoms with Crippen molar-refractivity contribution >= 4 is 5.91 Å². The average Bonchev–Trinajstić information content (AvgIpc) is 2.89. The molecule has 20 heavy (non-hydrogen) atoms.